The van der Waals surface area contributed by atoms with E-state index in [1.165, 1.54) is 6.92 Å². The van der Waals surface area contributed by atoms with Crippen LogP contribution in [0.15, 0.2) is 12.1 Å². The van der Waals surface area contributed by atoms with Crippen LogP contribution in [0.1, 0.15) is 42.3 Å². The van der Waals surface area contributed by atoms with Gasteiger partial charge < -0.3 is 10.2 Å². The second-order valence-corrected chi connectivity index (χ2v) is 4.32. The van der Waals surface area contributed by atoms with Gasteiger partial charge in [-0.25, -0.2) is 0 Å². The number of hydrogen-bond donors (Lipinski definition) is 2. The normalized spacial score (nSPS) is 11.5. The van der Waals surface area contributed by atoms with Gasteiger partial charge in [0.05, 0.1) is 11.2 Å². The minimum Gasteiger partial charge on any atom is -0.507 e. The molecule has 0 saturated carbocycles. The van der Waals surface area contributed by atoms with Crippen molar-refractivity contribution in [3.05, 3.63) is 28.8 Å². The predicted octanol–water partition coefficient (Wildman–Crippen LogP) is 2.13. The maximum atomic E-state index is 11.3. The summed E-state index contributed by atoms with van der Waals surface area (Å²) in [6.45, 7) is 6.36. The van der Waals surface area contributed by atoms with Crippen LogP contribution in [0, 0.1) is 6.92 Å². The molecule has 0 fully saturated rings. The minimum absolute atomic E-state index is 0.124. The smallest absolute Gasteiger partial charge is 0.163 e. The fraction of sp³-hybridized carbons (Fsp3) is 0.417. The van der Waals surface area contributed by atoms with E-state index in [1.807, 2.05) is 6.92 Å². The summed E-state index contributed by atoms with van der Waals surface area (Å²) in [4.78, 5) is 11.3. The Morgan fingerprint density at radius 1 is 1.33 bits per heavy atom. The van der Waals surface area contributed by atoms with E-state index in [2.05, 4.69) is 0 Å². The molecule has 0 saturated heterocycles. The van der Waals surface area contributed by atoms with Crippen molar-refractivity contribution in [2.45, 2.75) is 33.3 Å². The zero-order valence-corrected chi connectivity index (χ0v) is 9.46. The molecule has 0 amide bonds. The summed E-state index contributed by atoms with van der Waals surface area (Å²) in [7, 11) is 0. The number of aryl methyl sites for hydroxylation is 1. The van der Waals surface area contributed by atoms with Crippen LogP contribution in [-0.2, 0) is 5.60 Å². The van der Waals surface area contributed by atoms with Crippen molar-refractivity contribution in [1.82, 2.24) is 0 Å². The zero-order valence-electron chi connectivity index (χ0n) is 9.46. The third-order valence-corrected chi connectivity index (χ3v) is 2.29. The van der Waals surface area contributed by atoms with Gasteiger partial charge in [0.25, 0.3) is 0 Å². The lowest BCUT2D eigenvalue weighted by molar-refractivity contribution is 0.0755. The van der Waals surface area contributed by atoms with Gasteiger partial charge in [-0.1, -0.05) is 0 Å². The number of phenolic OH excluding ortho intramolecular Hbond substituents is 1. The number of aromatic hydroxyl groups is 1. The molecule has 0 unspecified atom stereocenters. The zero-order chi connectivity index (χ0) is 11.8. The van der Waals surface area contributed by atoms with E-state index in [0.29, 0.717) is 5.56 Å². The fourth-order valence-corrected chi connectivity index (χ4v) is 1.51. The van der Waals surface area contributed by atoms with Gasteiger partial charge in [-0.15, -0.1) is 0 Å². The van der Waals surface area contributed by atoms with Gasteiger partial charge in [0.15, 0.2) is 5.78 Å². The molecule has 0 aromatic heterocycles. The van der Waals surface area contributed by atoms with Crippen LogP contribution in [-0.4, -0.2) is 16.0 Å². The predicted molar refractivity (Wildman–Crippen MR) is 58.1 cm³/mol. The lowest BCUT2D eigenvalue weighted by Gasteiger charge is -2.21. The Labute approximate surface area is 89.4 Å². The molecule has 0 aliphatic carbocycles. The second kappa shape index (κ2) is 3.66. The lowest BCUT2D eigenvalue weighted by Crippen LogP contribution is -2.17. The highest BCUT2D eigenvalue weighted by molar-refractivity contribution is 5.97. The van der Waals surface area contributed by atoms with Crippen LogP contribution in [0.5, 0.6) is 5.75 Å². The number of phenols is 1. The monoisotopic (exact) mass is 208 g/mol. The Bertz CT molecular complexity index is 400. The van der Waals surface area contributed by atoms with Gasteiger partial charge in [0.1, 0.15) is 5.75 Å². The summed E-state index contributed by atoms with van der Waals surface area (Å²) in [5.74, 6) is -0.331. The number of Topliss-reactive ketones (excluding diaryl/α,β-unsaturated/α-hetero) is 1. The highest BCUT2D eigenvalue weighted by atomic mass is 16.3. The molecule has 15 heavy (non-hydrogen) atoms. The number of carbonyl (C=O) groups excluding carboxylic acids is 1. The topological polar surface area (TPSA) is 57.5 Å². The molecule has 0 aliphatic rings. The molecule has 0 spiro atoms. The van der Waals surface area contributed by atoms with Gasteiger partial charge in [-0.2, -0.15) is 0 Å². The summed E-state index contributed by atoms with van der Waals surface area (Å²) in [5, 5.41) is 19.7. The maximum absolute atomic E-state index is 11.3. The average molecular weight is 208 g/mol. The van der Waals surface area contributed by atoms with Gasteiger partial charge >= 0.3 is 0 Å². The van der Waals surface area contributed by atoms with Gasteiger partial charge in [-0.3, -0.25) is 4.79 Å². The van der Waals surface area contributed by atoms with E-state index < -0.39 is 5.60 Å². The minimum atomic E-state index is -1.15. The molecular formula is C12H16O3. The van der Waals surface area contributed by atoms with Gasteiger partial charge in [0.2, 0.25) is 0 Å². The molecule has 1 aromatic rings. The maximum Gasteiger partial charge on any atom is 0.163 e. The summed E-state index contributed by atoms with van der Waals surface area (Å²) in [6, 6.07) is 3.30. The molecule has 0 radical (unpaired) electrons. The quantitative estimate of drug-likeness (QED) is 0.732. The van der Waals surface area contributed by atoms with Crippen molar-refractivity contribution in [2.75, 3.05) is 0 Å². The van der Waals surface area contributed by atoms with E-state index in [1.54, 1.807) is 26.0 Å². The molecule has 3 heteroatoms. The Balaban J connectivity index is 3.49. The molecular weight excluding hydrogens is 192 g/mol. The lowest BCUT2D eigenvalue weighted by atomic mass is 9.92. The second-order valence-electron chi connectivity index (χ2n) is 4.32. The molecule has 0 aliphatic heterocycles. The van der Waals surface area contributed by atoms with Crippen molar-refractivity contribution in [2.24, 2.45) is 0 Å². The molecule has 3 nitrogen and oxygen atoms in total. The van der Waals surface area contributed by atoms with Crippen molar-refractivity contribution in [1.29, 1.82) is 0 Å². The van der Waals surface area contributed by atoms with E-state index >= 15 is 0 Å². The Kier molecular flexibility index (Phi) is 2.86. The van der Waals surface area contributed by atoms with E-state index in [-0.39, 0.29) is 17.1 Å². The Hall–Kier alpha value is -1.35. The average Bonchev–Trinajstić information content (AvgIpc) is 2.06. The number of aliphatic hydroxyl groups is 1. The highest BCUT2D eigenvalue weighted by Gasteiger charge is 2.23. The van der Waals surface area contributed by atoms with E-state index in [4.69, 9.17) is 0 Å². The number of ketones is 1. The molecule has 82 valence electrons. The molecule has 1 rings (SSSR count). The third-order valence-electron chi connectivity index (χ3n) is 2.29. The molecule has 0 heterocycles. The summed E-state index contributed by atoms with van der Waals surface area (Å²) in [6.07, 6.45) is 0. The third kappa shape index (κ3) is 2.36. The molecule has 1 aromatic carbocycles. The van der Waals surface area contributed by atoms with Crippen LogP contribution in [0.3, 0.4) is 0 Å². The molecule has 0 bridgehead atoms. The number of benzene rings is 1. The summed E-state index contributed by atoms with van der Waals surface area (Å²) in [5.41, 5.74) is 0.329. The Morgan fingerprint density at radius 3 is 2.27 bits per heavy atom. The van der Waals surface area contributed by atoms with Crippen molar-refractivity contribution >= 4 is 5.78 Å². The van der Waals surface area contributed by atoms with Crippen LogP contribution < -0.4 is 0 Å². The number of rotatable bonds is 2. The summed E-state index contributed by atoms with van der Waals surface area (Å²) >= 11 is 0. The highest BCUT2D eigenvalue weighted by Crippen LogP contribution is 2.33. The van der Waals surface area contributed by atoms with Crippen LogP contribution in [0.2, 0.25) is 0 Å². The van der Waals surface area contributed by atoms with E-state index in [9.17, 15) is 15.0 Å². The van der Waals surface area contributed by atoms with Crippen LogP contribution in [0.25, 0.3) is 0 Å². The first-order valence-corrected chi connectivity index (χ1v) is 4.81. The Morgan fingerprint density at radius 2 is 1.87 bits per heavy atom. The van der Waals surface area contributed by atoms with Gasteiger partial charge in [-0.05, 0) is 45.4 Å². The van der Waals surface area contributed by atoms with Crippen LogP contribution in [0.4, 0.5) is 0 Å². The van der Waals surface area contributed by atoms with Crippen LogP contribution >= 0.6 is 0 Å². The first kappa shape index (κ1) is 11.7. The van der Waals surface area contributed by atoms with Crippen molar-refractivity contribution < 1.29 is 15.0 Å². The first-order valence-electron chi connectivity index (χ1n) is 4.81. The van der Waals surface area contributed by atoms with Crippen molar-refractivity contribution in [3.63, 3.8) is 0 Å². The molecule has 2 N–H and O–H groups in total. The SMILES string of the molecule is CC(=O)c1cc(C)cc(C(C)(C)O)c1O. The summed E-state index contributed by atoms with van der Waals surface area (Å²) < 4.78 is 0. The number of hydrogen-bond acceptors (Lipinski definition) is 3. The number of carbonyl (C=O) groups is 1. The van der Waals surface area contributed by atoms with Gasteiger partial charge in [0, 0.05) is 5.56 Å². The van der Waals surface area contributed by atoms with Crippen molar-refractivity contribution in [3.8, 4) is 5.75 Å². The standard InChI is InChI=1S/C12H16O3/c1-7-5-9(8(2)13)11(14)10(6-7)12(3,4)15/h5-6,14-15H,1-4H3. The fourth-order valence-electron chi connectivity index (χ4n) is 1.51. The van der Waals surface area contributed by atoms with E-state index in [0.717, 1.165) is 5.56 Å². The first-order chi connectivity index (χ1) is 6.73. The largest absolute Gasteiger partial charge is 0.507 e. The molecule has 0 atom stereocenters.